The third-order valence-corrected chi connectivity index (χ3v) is 4.75. The van der Waals surface area contributed by atoms with Crippen LogP contribution in [0.1, 0.15) is 65.9 Å². The summed E-state index contributed by atoms with van der Waals surface area (Å²) >= 11 is 0. The lowest BCUT2D eigenvalue weighted by Crippen LogP contribution is -2.46. The fourth-order valence-corrected chi connectivity index (χ4v) is 2.98. The van der Waals surface area contributed by atoms with Gasteiger partial charge in [0.1, 0.15) is 0 Å². The monoisotopic (exact) mass is 275 g/mol. The first kappa shape index (κ1) is 17.2. The Kier molecular flexibility index (Phi) is 7.29. The first-order valence-corrected chi connectivity index (χ1v) is 8.35. The second-order valence-electron chi connectivity index (χ2n) is 6.51. The van der Waals surface area contributed by atoms with E-state index in [1.165, 1.54) is 31.2 Å². The highest BCUT2D eigenvalue weighted by Crippen LogP contribution is 2.32. The largest absolute Gasteiger partial charge is 0.313 e. The Bertz CT molecular complexity index is 351. The quantitative estimate of drug-likeness (QED) is 0.656. The minimum Gasteiger partial charge on any atom is -0.313 e. The van der Waals surface area contributed by atoms with Crippen molar-refractivity contribution >= 4 is 0 Å². The number of hydrogen-bond acceptors (Lipinski definition) is 1. The Labute approximate surface area is 126 Å². The zero-order valence-corrected chi connectivity index (χ0v) is 14.1. The molecule has 1 nitrogen and oxygen atoms in total. The summed E-state index contributed by atoms with van der Waals surface area (Å²) in [6.45, 7) is 12.8. The summed E-state index contributed by atoms with van der Waals surface area (Å²) in [4.78, 5) is 0. The van der Waals surface area contributed by atoms with Gasteiger partial charge < -0.3 is 5.32 Å². The van der Waals surface area contributed by atoms with Gasteiger partial charge in [-0.25, -0.2) is 0 Å². The van der Waals surface area contributed by atoms with Crippen molar-refractivity contribution in [2.75, 3.05) is 6.54 Å². The van der Waals surface area contributed by atoms with Crippen LogP contribution < -0.4 is 5.32 Å². The van der Waals surface area contributed by atoms with Crippen LogP contribution in [0.5, 0.6) is 0 Å². The summed E-state index contributed by atoms with van der Waals surface area (Å²) in [7, 11) is 0. The molecule has 0 radical (unpaired) electrons. The van der Waals surface area contributed by atoms with Gasteiger partial charge in [0.05, 0.1) is 0 Å². The topological polar surface area (TPSA) is 12.0 Å². The van der Waals surface area contributed by atoms with Gasteiger partial charge in [-0.05, 0) is 30.9 Å². The van der Waals surface area contributed by atoms with Crippen LogP contribution >= 0.6 is 0 Å². The van der Waals surface area contributed by atoms with E-state index in [4.69, 9.17) is 0 Å². The number of rotatable bonds is 9. The van der Waals surface area contributed by atoms with Gasteiger partial charge >= 0.3 is 0 Å². The van der Waals surface area contributed by atoms with Gasteiger partial charge in [-0.15, -0.1) is 0 Å². The Balaban J connectivity index is 2.90. The minimum absolute atomic E-state index is 0.180. The molecular weight excluding hydrogens is 242 g/mol. The molecule has 1 aromatic carbocycles. The van der Waals surface area contributed by atoms with E-state index in [1.807, 2.05) is 0 Å². The van der Waals surface area contributed by atoms with Crippen LogP contribution in [-0.4, -0.2) is 12.6 Å². The molecule has 0 aliphatic carbocycles. The summed E-state index contributed by atoms with van der Waals surface area (Å²) in [6, 6.07) is 11.5. The lowest BCUT2D eigenvalue weighted by molar-refractivity contribution is 0.271. The molecule has 0 amide bonds. The highest BCUT2D eigenvalue weighted by atomic mass is 14.9. The third-order valence-electron chi connectivity index (χ3n) is 4.75. The summed E-state index contributed by atoms with van der Waals surface area (Å²) in [5.41, 5.74) is 1.62. The van der Waals surface area contributed by atoms with Crippen molar-refractivity contribution in [1.29, 1.82) is 0 Å². The van der Waals surface area contributed by atoms with E-state index >= 15 is 0 Å². The zero-order chi connectivity index (χ0) is 15.0. The van der Waals surface area contributed by atoms with E-state index in [2.05, 4.69) is 70.3 Å². The Morgan fingerprint density at radius 3 is 2.10 bits per heavy atom. The molecule has 114 valence electrons. The third kappa shape index (κ3) is 4.63. The average Bonchev–Trinajstić information content (AvgIpc) is 2.48. The lowest BCUT2D eigenvalue weighted by atomic mass is 9.73. The molecule has 0 saturated heterocycles. The van der Waals surface area contributed by atoms with Gasteiger partial charge in [0.15, 0.2) is 0 Å². The van der Waals surface area contributed by atoms with E-state index in [0.717, 1.165) is 12.5 Å². The normalized spacial score (nSPS) is 13.7. The first-order valence-electron chi connectivity index (χ1n) is 8.35. The predicted octanol–water partition coefficient (Wildman–Crippen LogP) is 5.16. The SMILES string of the molecule is CCCNC(CC(CC)CC)C(C)(C)c1ccccc1. The van der Waals surface area contributed by atoms with Crippen molar-refractivity contribution in [3.63, 3.8) is 0 Å². The molecule has 1 aromatic rings. The molecule has 0 bridgehead atoms. The number of nitrogens with one attached hydrogen (secondary N) is 1. The highest BCUT2D eigenvalue weighted by Gasteiger charge is 2.31. The van der Waals surface area contributed by atoms with E-state index in [9.17, 15) is 0 Å². The van der Waals surface area contributed by atoms with Crippen molar-refractivity contribution in [2.45, 2.75) is 71.8 Å². The van der Waals surface area contributed by atoms with Gasteiger partial charge in [0.25, 0.3) is 0 Å². The van der Waals surface area contributed by atoms with E-state index < -0.39 is 0 Å². The second-order valence-corrected chi connectivity index (χ2v) is 6.51. The molecule has 0 saturated carbocycles. The van der Waals surface area contributed by atoms with Gasteiger partial charge in [0, 0.05) is 11.5 Å². The van der Waals surface area contributed by atoms with Crippen molar-refractivity contribution in [2.24, 2.45) is 5.92 Å². The fraction of sp³-hybridized carbons (Fsp3) is 0.684. The maximum absolute atomic E-state index is 3.81. The van der Waals surface area contributed by atoms with Crippen molar-refractivity contribution in [3.8, 4) is 0 Å². The van der Waals surface area contributed by atoms with Crippen LogP contribution in [0, 0.1) is 5.92 Å². The minimum atomic E-state index is 0.180. The zero-order valence-electron chi connectivity index (χ0n) is 14.1. The van der Waals surface area contributed by atoms with Gasteiger partial charge in [0.2, 0.25) is 0 Å². The Morgan fingerprint density at radius 1 is 1.00 bits per heavy atom. The standard InChI is InChI=1S/C19H33N/c1-6-14-20-18(15-16(7-2)8-3)19(4,5)17-12-10-9-11-13-17/h9-13,16,18,20H,6-8,14-15H2,1-5H3. The summed E-state index contributed by atoms with van der Waals surface area (Å²) in [6.07, 6.45) is 5.04. The molecule has 0 aliphatic rings. The number of hydrogen-bond donors (Lipinski definition) is 1. The molecule has 0 fully saturated rings. The molecule has 0 heterocycles. The van der Waals surface area contributed by atoms with Gasteiger partial charge in [-0.2, -0.15) is 0 Å². The first-order chi connectivity index (χ1) is 9.56. The maximum atomic E-state index is 3.81. The lowest BCUT2D eigenvalue weighted by Gasteiger charge is -2.38. The van der Waals surface area contributed by atoms with Gasteiger partial charge in [-0.3, -0.25) is 0 Å². The van der Waals surface area contributed by atoms with Crippen LogP contribution in [0.2, 0.25) is 0 Å². The van der Waals surface area contributed by atoms with Crippen LogP contribution in [-0.2, 0) is 5.41 Å². The van der Waals surface area contributed by atoms with Crippen LogP contribution in [0.25, 0.3) is 0 Å². The molecule has 1 heteroatoms. The Hall–Kier alpha value is -0.820. The summed E-state index contributed by atoms with van der Waals surface area (Å²) in [5.74, 6) is 0.826. The smallest absolute Gasteiger partial charge is 0.0161 e. The van der Waals surface area contributed by atoms with E-state index in [0.29, 0.717) is 6.04 Å². The molecular formula is C19H33N. The van der Waals surface area contributed by atoms with E-state index in [-0.39, 0.29) is 5.41 Å². The molecule has 1 N–H and O–H groups in total. The molecule has 0 aliphatic heterocycles. The number of benzene rings is 1. The van der Waals surface area contributed by atoms with Crippen molar-refractivity contribution in [1.82, 2.24) is 5.32 Å². The molecule has 0 spiro atoms. The predicted molar refractivity (Wildman–Crippen MR) is 90.2 cm³/mol. The molecule has 0 aromatic heterocycles. The molecule has 1 rings (SSSR count). The van der Waals surface area contributed by atoms with Crippen LogP contribution in [0.4, 0.5) is 0 Å². The van der Waals surface area contributed by atoms with E-state index in [1.54, 1.807) is 0 Å². The molecule has 1 atom stereocenters. The average molecular weight is 275 g/mol. The van der Waals surface area contributed by atoms with Crippen molar-refractivity contribution in [3.05, 3.63) is 35.9 Å². The van der Waals surface area contributed by atoms with Crippen molar-refractivity contribution < 1.29 is 0 Å². The molecule has 1 unspecified atom stereocenters. The highest BCUT2D eigenvalue weighted by molar-refractivity contribution is 5.25. The van der Waals surface area contributed by atoms with Crippen LogP contribution in [0.15, 0.2) is 30.3 Å². The molecule has 20 heavy (non-hydrogen) atoms. The fourth-order valence-electron chi connectivity index (χ4n) is 2.98. The summed E-state index contributed by atoms with van der Waals surface area (Å²) in [5, 5.41) is 3.81. The summed E-state index contributed by atoms with van der Waals surface area (Å²) < 4.78 is 0. The second kappa shape index (κ2) is 8.46. The van der Waals surface area contributed by atoms with Crippen LogP contribution in [0.3, 0.4) is 0 Å². The Morgan fingerprint density at radius 2 is 1.60 bits per heavy atom. The van der Waals surface area contributed by atoms with Gasteiger partial charge in [-0.1, -0.05) is 77.8 Å². The maximum Gasteiger partial charge on any atom is 0.0161 e.